The van der Waals surface area contributed by atoms with Crippen LogP contribution in [-0.4, -0.2) is 14.8 Å². The number of anilines is 2. The molecule has 0 radical (unpaired) electrons. The van der Waals surface area contributed by atoms with E-state index in [9.17, 15) is 17.6 Å². The molecule has 104 valence electrons. The SMILES string of the molecule is O=CNc1cccc(NS(=O)(=O)c2ccc(F)cc2)c1. The first-order chi connectivity index (χ1) is 9.51. The van der Waals surface area contributed by atoms with Crippen LogP contribution < -0.4 is 10.0 Å². The summed E-state index contributed by atoms with van der Waals surface area (Å²) in [6.45, 7) is 0. The molecule has 0 fully saturated rings. The maximum atomic E-state index is 12.8. The Hall–Kier alpha value is -2.41. The van der Waals surface area contributed by atoms with Gasteiger partial charge in [-0.25, -0.2) is 12.8 Å². The zero-order chi connectivity index (χ0) is 14.6. The molecule has 2 rings (SSSR count). The highest BCUT2D eigenvalue weighted by Gasteiger charge is 2.14. The second-order valence-corrected chi connectivity index (χ2v) is 5.58. The highest BCUT2D eigenvalue weighted by Crippen LogP contribution is 2.19. The molecular weight excluding hydrogens is 283 g/mol. The quantitative estimate of drug-likeness (QED) is 0.830. The summed E-state index contributed by atoms with van der Waals surface area (Å²) in [5.41, 5.74) is 0.750. The minimum absolute atomic E-state index is 0.0485. The Balaban J connectivity index is 2.26. The number of nitrogens with one attached hydrogen (secondary N) is 2. The topological polar surface area (TPSA) is 75.3 Å². The normalized spacial score (nSPS) is 10.8. The molecule has 0 bridgehead atoms. The standard InChI is InChI=1S/C13H11FN2O3S/c14-10-4-6-13(7-5-10)20(18,19)16-12-3-1-2-11(8-12)15-9-17/h1-9,16H,(H,15,17). The molecule has 0 atom stereocenters. The molecule has 0 aliphatic heterocycles. The Labute approximate surface area is 115 Å². The number of carbonyl (C=O) groups is 1. The van der Waals surface area contributed by atoms with Gasteiger partial charge < -0.3 is 5.32 Å². The molecule has 2 aromatic rings. The van der Waals surface area contributed by atoms with Crippen molar-refractivity contribution in [1.82, 2.24) is 0 Å². The van der Waals surface area contributed by atoms with Gasteiger partial charge in [-0.15, -0.1) is 0 Å². The number of amides is 1. The van der Waals surface area contributed by atoms with E-state index in [4.69, 9.17) is 0 Å². The smallest absolute Gasteiger partial charge is 0.261 e. The van der Waals surface area contributed by atoms with Gasteiger partial charge in [-0.05, 0) is 42.5 Å². The van der Waals surface area contributed by atoms with Crippen molar-refractivity contribution in [2.45, 2.75) is 4.90 Å². The fraction of sp³-hybridized carbons (Fsp3) is 0. The van der Waals surface area contributed by atoms with E-state index < -0.39 is 15.8 Å². The van der Waals surface area contributed by atoms with Gasteiger partial charge in [0.15, 0.2) is 0 Å². The summed E-state index contributed by atoms with van der Waals surface area (Å²) in [6, 6.07) is 10.7. The van der Waals surface area contributed by atoms with Crippen LogP contribution in [0.2, 0.25) is 0 Å². The molecule has 0 aromatic heterocycles. The molecule has 20 heavy (non-hydrogen) atoms. The molecule has 0 aliphatic rings. The second-order valence-electron chi connectivity index (χ2n) is 3.90. The first-order valence-corrected chi connectivity index (χ1v) is 7.08. The summed E-state index contributed by atoms with van der Waals surface area (Å²) in [7, 11) is -3.79. The minimum Gasteiger partial charge on any atom is -0.329 e. The zero-order valence-electron chi connectivity index (χ0n) is 10.2. The largest absolute Gasteiger partial charge is 0.329 e. The summed E-state index contributed by atoms with van der Waals surface area (Å²) in [5.74, 6) is -0.513. The van der Waals surface area contributed by atoms with Crippen LogP contribution >= 0.6 is 0 Å². The maximum absolute atomic E-state index is 12.8. The Bertz CT molecular complexity index is 715. The summed E-state index contributed by atoms with van der Waals surface area (Å²) >= 11 is 0. The van der Waals surface area contributed by atoms with E-state index in [0.717, 1.165) is 12.1 Å². The van der Waals surface area contributed by atoms with Crippen molar-refractivity contribution in [3.63, 3.8) is 0 Å². The van der Waals surface area contributed by atoms with Gasteiger partial charge in [0.2, 0.25) is 6.41 Å². The second kappa shape index (κ2) is 5.70. The monoisotopic (exact) mass is 294 g/mol. The first kappa shape index (κ1) is 14.0. The Morgan fingerprint density at radius 2 is 1.65 bits per heavy atom. The highest BCUT2D eigenvalue weighted by atomic mass is 32.2. The molecule has 0 unspecified atom stereocenters. The van der Waals surface area contributed by atoms with Crippen LogP contribution in [-0.2, 0) is 14.8 Å². The Kier molecular flexibility index (Phi) is 3.99. The molecule has 0 saturated carbocycles. The van der Waals surface area contributed by atoms with Crippen LogP contribution in [0.15, 0.2) is 53.4 Å². The molecule has 2 N–H and O–H groups in total. The molecule has 0 heterocycles. The van der Waals surface area contributed by atoms with E-state index in [-0.39, 0.29) is 4.90 Å². The van der Waals surface area contributed by atoms with Crippen LogP contribution in [0.5, 0.6) is 0 Å². The van der Waals surface area contributed by atoms with Gasteiger partial charge in [-0.2, -0.15) is 0 Å². The molecule has 0 spiro atoms. The van der Waals surface area contributed by atoms with Crippen molar-refractivity contribution in [1.29, 1.82) is 0 Å². The van der Waals surface area contributed by atoms with Crippen molar-refractivity contribution in [3.05, 3.63) is 54.3 Å². The van der Waals surface area contributed by atoms with Gasteiger partial charge in [-0.3, -0.25) is 9.52 Å². The van der Waals surface area contributed by atoms with E-state index in [0.29, 0.717) is 17.8 Å². The van der Waals surface area contributed by atoms with E-state index in [1.807, 2.05) is 0 Å². The molecule has 0 saturated heterocycles. The van der Waals surface area contributed by atoms with Crippen LogP contribution in [0.25, 0.3) is 0 Å². The number of hydrogen-bond donors (Lipinski definition) is 2. The van der Waals surface area contributed by atoms with E-state index in [1.54, 1.807) is 12.1 Å². The summed E-state index contributed by atoms with van der Waals surface area (Å²) in [5, 5.41) is 2.42. The van der Waals surface area contributed by atoms with Gasteiger partial charge in [0.05, 0.1) is 10.6 Å². The number of rotatable bonds is 5. The molecule has 0 aliphatic carbocycles. The van der Waals surface area contributed by atoms with Crippen molar-refractivity contribution in [2.75, 3.05) is 10.0 Å². The highest BCUT2D eigenvalue weighted by molar-refractivity contribution is 7.92. The lowest BCUT2D eigenvalue weighted by atomic mass is 10.3. The Morgan fingerprint density at radius 1 is 1.00 bits per heavy atom. The van der Waals surface area contributed by atoms with E-state index in [2.05, 4.69) is 10.0 Å². The van der Waals surface area contributed by atoms with Crippen LogP contribution in [0.4, 0.5) is 15.8 Å². The average Bonchev–Trinajstić information content (AvgIpc) is 2.39. The van der Waals surface area contributed by atoms with Crippen LogP contribution in [0.3, 0.4) is 0 Å². The summed E-state index contributed by atoms with van der Waals surface area (Å²) in [4.78, 5) is 10.3. The minimum atomic E-state index is -3.79. The third-order valence-electron chi connectivity index (χ3n) is 2.46. The average molecular weight is 294 g/mol. The molecule has 7 heteroatoms. The molecule has 1 amide bonds. The van der Waals surface area contributed by atoms with Crippen molar-refractivity contribution < 1.29 is 17.6 Å². The number of hydrogen-bond acceptors (Lipinski definition) is 3. The predicted molar refractivity (Wildman–Crippen MR) is 73.3 cm³/mol. The van der Waals surface area contributed by atoms with E-state index >= 15 is 0 Å². The fourth-order valence-electron chi connectivity index (χ4n) is 1.57. The lowest BCUT2D eigenvalue weighted by molar-refractivity contribution is -0.105. The lowest BCUT2D eigenvalue weighted by Crippen LogP contribution is -2.13. The number of sulfonamides is 1. The lowest BCUT2D eigenvalue weighted by Gasteiger charge is -2.09. The summed E-state index contributed by atoms with van der Waals surface area (Å²) in [6.07, 6.45) is 0.494. The molecule has 5 nitrogen and oxygen atoms in total. The van der Waals surface area contributed by atoms with Gasteiger partial charge in [0.1, 0.15) is 5.82 Å². The third kappa shape index (κ3) is 3.33. The van der Waals surface area contributed by atoms with Crippen molar-refractivity contribution in [3.8, 4) is 0 Å². The summed E-state index contributed by atoms with van der Waals surface area (Å²) < 4.78 is 39.2. The number of carbonyl (C=O) groups excluding carboxylic acids is 1. The van der Waals surface area contributed by atoms with Gasteiger partial charge >= 0.3 is 0 Å². The number of benzene rings is 2. The van der Waals surface area contributed by atoms with E-state index in [1.165, 1.54) is 24.3 Å². The predicted octanol–water partition coefficient (Wildman–Crippen LogP) is 2.19. The third-order valence-corrected chi connectivity index (χ3v) is 3.86. The first-order valence-electron chi connectivity index (χ1n) is 5.60. The van der Waals surface area contributed by atoms with Crippen molar-refractivity contribution in [2.24, 2.45) is 0 Å². The number of halogens is 1. The van der Waals surface area contributed by atoms with Crippen LogP contribution in [0.1, 0.15) is 0 Å². The fourth-order valence-corrected chi connectivity index (χ4v) is 2.62. The zero-order valence-corrected chi connectivity index (χ0v) is 11.0. The Morgan fingerprint density at radius 3 is 2.30 bits per heavy atom. The van der Waals surface area contributed by atoms with Crippen LogP contribution in [0, 0.1) is 5.82 Å². The maximum Gasteiger partial charge on any atom is 0.261 e. The van der Waals surface area contributed by atoms with Crippen molar-refractivity contribution >= 4 is 27.8 Å². The van der Waals surface area contributed by atoms with Gasteiger partial charge in [0.25, 0.3) is 10.0 Å². The van der Waals surface area contributed by atoms with Gasteiger partial charge in [-0.1, -0.05) is 6.07 Å². The molecular formula is C13H11FN2O3S. The van der Waals surface area contributed by atoms with Gasteiger partial charge in [0, 0.05) is 5.69 Å². The molecule has 2 aromatic carbocycles.